The van der Waals surface area contributed by atoms with Crippen LogP contribution < -0.4 is 5.32 Å². The number of carbonyl (C=O) groups is 1. The van der Waals surface area contributed by atoms with Gasteiger partial charge >= 0.3 is 0 Å². The van der Waals surface area contributed by atoms with Crippen LogP contribution in [0.1, 0.15) is 20.8 Å². The van der Waals surface area contributed by atoms with Gasteiger partial charge in [-0.05, 0) is 20.8 Å². The fourth-order valence-electron chi connectivity index (χ4n) is 0.592. The molecule has 0 aliphatic rings. The smallest absolute Gasteiger partial charge is 0.244 e. The van der Waals surface area contributed by atoms with Crippen molar-refractivity contribution < 1.29 is 9.90 Å². The van der Waals surface area contributed by atoms with E-state index in [0.717, 1.165) is 5.57 Å². The largest absolute Gasteiger partial charge is 0.394 e. The van der Waals surface area contributed by atoms with E-state index in [2.05, 4.69) is 5.32 Å². The summed E-state index contributed by atoms with van der Waals surface area (Å²) >= 11 is 0. The van der Waals surface area contributed by atoms with Crippen LogP contribution in [0, 0.1) is 0 Å². The van der Waals surface area contributed by atoms with Crippen LogP contribution in [-0.4, -0.2) is 23.7 Å². The van der Waals surface area contributed by atoms with Gasteiger partial charge in [0.15, 0.2) is 0 Å². The first kappa shape index (κ1) is 10.2. The first-order valence-corrected chi connectivity index (χ1v) is 3.62. The molecule has 0 aliphatic carbocycles. The van der Waals surface area contributed by atoms with Crippen molar-refractivity contribution in [2.75, 3.05) is 6.61 Å². The minimum absolute atomic E-state index is 0.0255. The molecule has 2 N–H and O–H groups in total. The van der Waals surface area contributed by atoms with Gasteiger partial charge in [0.2, 0.25) is 5.91 Å². The van der Waals surface area contributed by atoms with Crippen molar-refractivity contribution in [3.05, 3.63) is 11.6 Å². The average Bonchev–Trinajstić information content (AvgIpc) is 1.85. The summed E-state index contributed by atoms with van der Waals surface area (Å²) in [5.41, 5.74) is 0.952. The molecule has 0 aromatic heterocycles. The van der Waals surface area contributed by atoms with Gasteiger partial charge in [0, 0.05) is 12.1 Å². The van der Waals surface area contributed by atoms with Gasteiger partial charge in [-0.2, -0.15) is 0 Å². The van der Waals surface area contributed by atoms with E-state index >= 15 is 0 Å². The quantitative estimate of drug-likeness (QED) is 0.584. The molecule has 3 nitrogen and oxygen atoms in total. The maximum atomic E-state index is 10.9. The number of allylic oxidation sites excluding steroid dienone is 1. The summed E-state index contributed by atoms with van der Waals surface area (Å²) < 4.78 is 0. The fraction of sp³-hybridized carbons (Fsp3) is 0.625. The predicted molar refractivity (Wildman–Crippen MR) is 44.1 cm³/mol. The highest BCUT2D eigenvalue weighted by molar-refractivity contribution is 5.88. The third-order valence-electron chi connectivity index (χ3n) is 1.08. The van der Waals surface area contributed by atoms with Crippen LogP contribution in [0.15, 0.2) is 11.6 Å². The lowest BCUT2D eigenvalue weighted by Gasteiger charge is -2.07. The molecule has 0 aromatic carbocycles. The van der Waals surface area contributed by atoms with Crippen LogP contribution in [0.25, 0.3) is 0 Å². The molecular formula is C8H15NO2. The molecule has 0 rings (SSSR count). The average molecular weight is 157 g/mol. The molecule has 0 unspecified atom stereocenters. The van der Waals surface area contributed by atoms with Crippen molar-refractivity contribution in [2.24, 2.45) is 0 Å². The van der Waals surface area contributed by atoms with Crippen LogP contribution in [0.4, 0.5) is 0 Å². The molecule has 64 valence electrons. The number of nitrogens with one attached hydrogen (secondary N) is 1. The van der Waals surface area contributed by atoms with Gasteiger partial charge in [-0.3, -0.25) is 4.79 Å². The van der Waals surface area contributed by atoms with E-state index in [4.69, 9.17) is 5.11 Å². The van der Waals surface area contributed by atoms with Gasteiger partial charge in [-0.25, -0.2) is 0 Å². The number of aliphatic hydroxyl groups excluding tert-OH is 1. The van der Waals surface area contributed by atoms with E-state index < -0.39 is 0 Å². The van der Waals surface area contributed by atoms with Crippen molar-refractivity contribution >= 4 is 5.91 Å². The minimum Gasteiger partial charge on any atom is -0.394 e. The molecule has 0 aliphatic heterocycles. The Bertz CT molecular complexity index is 159. The Morgan fingerprint density at radius 1 is 1.64 bits per heavy atom. The first-order chi connectivity index (χ1) is 5.06. The molecule has 3 heteroatoms. The molecule has 0 spiro atoms. The SMILES string of the molecule is CC(C)=CC(=O)N[C@H](C)CO. The third kappa shape index (κ3) is 5.61. The van der Waals surface area contributed by atoms with Crippen molar-refractivity contribution in [1.29, 1.82) is 0 Å². The molecule has 0 bridgehead atoms. The number of hydrogen-bond donors (Lipinski definition) is 2. The van der Waals surface area contributed by atoms with E-state index in [1.807, 2.05) is 13.8 Å². The van der Waals surface area contributed by atoms with Gasteiger partial charge in [0.25, 0.3) is 0 Å². The number of carbonyl (C=O) groups excluding carboxylic acids is 1. The Kier molecular flexibility index (Phi) is 4.54. The normalized spacial score (nSPS) is 12.0. The number of aliphatic hydroxyl groups is 1. The summed E-state index contributed by atoms with van der Waals surface area (Å²) in [6.45, 7) is 5.42. The van der Waals surface area contributed by atoms with Crippen molar-refractivity contribution in [2.45, 2.75) is 26.8 Å². The second-order valence-electron chi connectivity index (χ2n) is 2.81. The highest BCUT2D eigenvalue weighted by Crippen LogP contribution is 1.88. The third-order valence-corrected chi connectivity index (χ3v) is 1.08. The van der Waals surface area contributed by atoms with Crippen molar-refractivity contribution in [3.63, 3.8) is 0 Å². The summed E-state index contributed by atoms with van der Waals surface area (Å²) in [6, 6.07) is -0.168. The molecule has 11 heavy (non-hydrogen) atoms. The predicted octanol–water partition coefficient (Wildman–Crippen LogP) is 0.450. The zero-order valence-electron chi connectivity index (χ0n) is 7.22. The van der Waals surface area contributed by atoms with Crippen LogP contribution in [-0.2, 0) is 4.79 Å². The molecule has 0 radical (unpaired) electrons. The van der Waals surface area contributed by atoms with Gasteiger partial charge in [-0.1, -0.05) is 5.57 Å². The zero-order chi connectivity index (χ0) is 8.85. The van der Waals surface area contributed by atoms with Crippen LogP contribution in [0.2, 0.25) is 0 Å². The Morgan fingerprint density at radius 3 is 2.55 bits per heavy atom. The summed E-state index contributed by atoms with van der Waals surface area (Å²) in [5.74, 6) is -0.147. The minimum atomic E-state index is -0.168. The van der Waals surface area contributed by atoms with Gasteiger partial charge in [0.1, 0.15) is 0 Å². The summed E-state index contributed by atoms with van der Waals surface area (Å²) in [6.07, 6.45) is 1.51. The Hall–Kier alpha value is -0.830. The Morgan fingerprint density at radius 2 is 2.18 bits per heavy atom. The molecule has 0 fully saturated rings. The summed E-state index contributed by atoms with van der Waals surface area (Å²) in [5, 5.41) is 11.2. The van der Waals surface area contributed by atoms with E-state index in [0.29, 0.717) is 0 Å². The van der Waals surface area contributed by atoms with E-state index in [-0.39, 0.29) is 18.6 Å². The fourth-order valence-corrected chi connectivity index (χ4v) is 0.592. The molecule has 0 aromatic rings. The first-order valence-electron chi connectivity index (χ1n) is 3.62. The number of hydrogen-bond acceptors (Lipinski definition) is 2. The van der Waals surface area contributed by atoms with E-state index in [9.17, 15) is 4.79 Å². The van der Waals surface area contributed by atoms with Crippen molar-refractivity contribution in [1.82, 2.24) is 5.32 Å². The standard InChI is InChI=1S/C8H15NO2/c1-6(2)4-8(11)9-7(3)5-10/h4,7,10H,5H2,1-3H3,(H,9,11)/t7-/m1/s1. The maximum Gasteiger partial charge on any atom is 0.244 e. The molecule has 0 saturated carbocycles. The summed E-state index contributed by atoms with van der Waals surface area (Å²) in [4.78, 5) is 10.9. The Labute approximate surface area is 67.1 Å². The van der Waals surface area contributed by atoms with Crippen LogP contribution in [0.5, 0.6) is 0 Å². The van der Waals surface area contributed by atoms with E-state index in [1.54, 1.807) is 6.92 Å². The molecule has 1 atom stereocenters. The number of rotatable bonds is 3. The lowest BCUT2D eigenvalue weighted by Crippen LogP contribution is -2.33. The van der Waals surface area contributed by atoms with Gasteiger partial charge in [0.05, 0.1) is 6.61 Å². The lowest BCUT2D eigenvalue weighted by molar-refractivity contribution is -0.117. The van der Waals surface area contributed by atoms with Crippen LogP contribution >= 0.6 is 0 Å². The highest BCUT2D eigenvalue weighted by Gasteiger charge is 2.01. The molecule has 0 heterocycles. The highest BCUT2D eigenvalue weighted by atomic mass is 16.3. The number of amides is 1. The topological polar surface area (TPSA) is 49.3 Å². The molecular weight excluding hydrogens is 142 g/mol. The molecule has 0 saturated heterocycles. The Balaban J connectivity index is 3.79. The lowest BCUT2D eigenvalue weighted by atomic mass is 10.3. The van der Waals surface area contributed by atoms with Gasteiger partial charge < -0.3 is 10.4 Å². The van der Waals surface area contributed by atoms with E-state index in [1.165, 1.54) is 6.08 Å². The van der Waals surface area contributed by atoms with Crippen molar-refractivity contribution in [3.8, 4) is 0 Å². The van der Waals surface area contributed by atoms with Crippen LogP contribution in [0.3, 0.4) is 0 Å². The zero-order valence-corrected chi connectivity index (χ0v) is 7.22. The second-order valence-corrected chi connectivity index (χ2v) is 2.81. The second kappa shape index (κ2) is 4.91. The monoisotopic (exact) mass is 157 g/mol. The molecule has 1 amide bonds. The van der Waals surface area contributed by atoms with Gasteiger partial charge in [-0.15, -0.1) is 0 Å². The maximum absolute atomic E-state index is 10.9. The summed E-state index contributed by atoms with van der Waals surface area (Å²) in [7, 11) is 0.